The van der Waals surface area contributed by atoms with Crippen molar-refractivity contribution in [2.24, 2.45) is 0 Å². The summed E-state index contributed by atoms with van der Waals surface area (Å²) in [6.45, 7) is 5.75. The quantitative estimate of drug-likeness (QED) is 0.876. The Kier molecular flexibility index (Phi) is 5.43. The largest absolute Gasteiger partial charge is 0.496 e. The van der Waals surface area contributed by atoms with E-state index in [9.17, 15) is 0 Å². The lowest BCUT2D eigenvalue weighted by Gasteiger charge is -2.23. The Morgan fingerprint density at radius 3 is 2.53 bits per heavy atom. The minimum Gasteiger partial charge on any atom is -0.496 e. The van der Waals surface area contributed by atoms with Gasteiger partial charge < -0.3 is 14.8 Å². The predicted octanol–water partition coefficient (Wildman–Crippen LogP) is 2.97. The van der Waals surface area contributed by atoms with Crippen molar-refractivity contribution in [3.05, 3.63) is 28.2 Å². The van der Waals surface area contributed by atoms with Crippen molar-refractivity contribution in [1.82, 2.24) is 5.32 Å². The first-order valence-corrected chi connectivity index (χ1v) is 6.36. The van der Waals surface area contributed by atoms with E-state index >= 15 is 0 Å². The van der Waals surface area contributed by atoms with Gasteiger partial charge in [0.05, 0.1) is 17.2 Å². The number of nitrogens with one attached hydrogen (secondary N) is 1. The van der Waals surface area contributed by atoms with E-state index in [-0.39, 0.29) is 5.60 Å². The molecule has 1 aromatic carbocycles. The molecule has 0 aliphatic carbocycles. The molecule has 0 fully saturated rings. The van der Waals surface area contributed by atoms with Gasteiger partial charge in [-0.3, -0.25) is 0 Å². The van der Waals surface area contributed by atoms with E-state index in [2.05, 4.69) is 47.2 Å². The van der Waals surface area contributed by atoms with Gasteiger partial charge in [0.1, 0.15) is 5.75 Å². The molecule has 0 aromatic heterocycles. The van der Waals surface area contributed by atoms with Crippen molar-refractivity contribution in [2.75, 3.05) is 20.8 Å². The molecular weight excluding hydrogens is 282 g/mol. The number of benzene rings is 1. The first-order valence-electron chi connectivity index (χ1n) is 5.57. The summed E-state index contributed by atoms with van der Waals surface area (Å²) < 4.78 is 11.5. The fourth-order valence-electron chi connectivity index (χ4n) is 1.40. The Morgan fingerprint density at radius 2 is 2.00 bits per heavy atom. The van der Waals surface area contributed by atoms with Crippen LogP contribution in [-0.2, 0) is 11.3 Å². The van der Waals surface area contributed by atoms with Gasteiger partial charge >= 0.3 is 0 Å². The molecule has 4 heteroatoms. The number of hydrogen-bond donors (Lipinski definition) is 1. The van der Waals surface area contributed by atoms with Crippen molar-refractivity contribution < 1.29 is 9.47 Å². The van der Waals surface area contributed by atoms with E-state index in [1.165, 1.54) is 5.56 Å². The van der Waals surface area contributed by atoms with Crippen molar-refractivity contribution in [1.29, 1.82) is 0 Å². The first-order chi connectivity index (χ1) is 7.98. The standard InChI is InChI=1S/C13H20BrNO2/c1-13(2,17-4)9-15-8-10-5-6-12(16-3)11(14)7-10/h5-7,15H,8-9H2,1-4H3. The average Bonchev–Trinajstić information content (AvgIpc) is 2.29. The van der Waals surface area contributed by atoms with E-state index in [1.54, 1.807) is 14.2 Å². The van der Waals surface area contributed by atoms with Crippen LogP contribution >= 0.6 is 15.9 Å². The van der Waals surface area contributed by atoms with Crippen LogP contribution in [0.1, 0.15) is 19.4 Å². The summed E-state index contributed by atoms with van der Waals surface area (Å²) in [7, 11) is 3.39. The summed E-state index contributed by atoms with van der Waals surface area (Å²) >= 11 is 3.47. The second-order valence-corrected chi connectivity index (χ2v) is 5.39. The third kappa shape index (κ3) is 4.66. The van der Waals surface area contributed by atoms with Crippen LogP contribution in [0.15, 0.2) is 22.7 Å². The van der Waals surface area contributed by atoms with Crippen LogP contribution in [0.3, 0.4) is 0 Å². The van der Waals surface area contributed by atoms with E-state index in [0.29, 0.717) is 0 Å². The predicted molar refractivity (Wildman–Crippen MR) is 73.5 cm³/mol. The highest BCUT2D eigenvalue weighted by atomic mass is 79.9. The summed E-state index contributed by atoms with van der Waals surface area (Å²) in [5, 5.41) is 3.37. The van der Waals surface area contributed by atoms with Crippen LogP contribution in [0.4, 0.5) is 0 Å². The van der Waals surface area contributed by atoms with Crippen molar-refractivity contribution >= 4 is 15.9 Å². The Morgan fingerprint density at radius 1 is 1.29 bits per heavy atom. The molecule has 0 saturated heterocycles. The zero-order chi connectivity index (χ0) is 12.9. The highest BCUT2D eigenvalue weighted by Gasteiger charge is 2.15. The highest BCUT2D eigenvalue weighted by Crippen LogP contribution is 2.25. The van der Waals surface area contributed by atoms with Gasteiger partial charge in [-0.15, -0.1) is 0 Å². The van der Waals surface area contributed by atoms with Crippen LogP contribution in [0.5, 0.6) is 5.75 Å². The van der Waals surface area contributed by atoms with Gasteiger partial charge in [-0.05, 0) is 47.5 Å². The van der Waals surface area contributed by atoms with Crippen molar-refractivity contribution in [2.45, 2.75) is 26.0 Å². The second-order valence-electron chi connectivity index (χ2n) is 4.54. The Balaban J connectivity index is 2.50. The second kappa shape index (κ2) is 6.38. The van der Waals surface area contributed by atoms with Gasteiger partial charge in [-0.25, -0.2) is 0 Å². The molecule has 1 N–H and O–H groups in total. The molecule has 0 saturated carbocycles. The fourth-order valence-corrected chi connectivity index (χ4v) is 1.99. The number of ether oxygens (including phenoxy) is 2. The molecule has 1 aromatic rings. The maximum atomic E-state index is 5.34. The summed E-state index contributed by atoms with van der Waals surface area (Å²) in [5.41, 5.74) is 1.08. The van der Waals surface area contributed by atoms with Crippen LogP contribution in [0.2, 0.25) is 0 Å². The Bertz CT molecular complexity index is 366. The lowest BCUT2D eigenvalue weighted by atomic mass is 10.1. The average molecular weight is 302 g/mol. The van der Waals surface area contributed by atoms with Gasteiger partial charge in [0, 0.05) is 20.2 Å². The van der Waals surface area contributed by atoms with E-state index in [1.807, 2.05) is 6.07 Å². The smallest absolute Gasteiger partial charge is 0.133 e. The van der Waals surface area contributed by atoms with Crippen LogP contribution in [0, 0.1) is 0 Å². The summed E-state index contributed by atoms with van der Waals surface area (Å²) in [5.74, 6) is 0.853. The molecule has 0 spiro atoms. The van der Waals surface area contributed by atoms with Gasteiger partial charge in [0.25, 0.3) is 0 Å². The molecule has 0 bridgehead atoms. The van der Waals surface area contributed by atoms with E-state index in [0.717, 1.165) is 23.3 Å². The summed E-state index contributed by atoms with van der Waals surface area (Å²) in [4.78, 5) is 0. The molecule has 0 aliphatic rings. The normalized spacial score (nSPS) is 11.6. The lowest BCUT2D eigenvalue weighted by molar-refractivity contribution is 0.0230. The minimum absolute atomic E-state index is 0.135. The zero-order valence-corrected chi connectivity index (χ0v) is 12.4. The van der Waals surface area contributed by atoms with E-state index in [4.69, 9.17) is 9.47 Å². The number of methoxy groups -OCH3 is 2. The topological polar surface area (TPSA) is 30.5 Å². The third-order valence-corrected chi connectivity index (χ3v) is 3.27. The molecule has 0 radical (unpaired) electrons. The van der Waals surface area contributed by atoms with E-state index < -0.39 is 0 Å². The maximum Gasteiger partial charge on any atom is 0.133 e. The molecule has 0 amide bonds. The molecule has 0 heterocycles. The number of hydrogen-bond acceptors (Lipinski definition) is 3. The van der Waals surface area contributed by atoms with Gasteiger partial charge in [-0.1, -0.05) is 6.07 Å². The lowest BCUT2D eigenvalue weighted by Crippen LogP contribution is -2.36. The fraction of sp³-hybridized carbons (Fsp3) is 0.538. The van der Waals surface area contributed by atoms with Gasteiger partial charge in [0.2, 0.25) is 0 Å². The van der Waals surface area contributed by atoms with Crippen molar-refractivity contribution in [3.63, 3.8) is 0 Å². The third-order valence-electron chi connectivity index (χ3n) is 2.65. The molecule has 1 rings (SSSR count). The van der Waals surface area contributed by atoms with Gasteiger partial charge in [-0.2, -0.15) is 0 Å². The zero-order valence-electron chi connectivity index (χ0n) is 10.8. The molecule has 17 heavy (non-hydrogen) atoms. The molecule has 0 unspecified atom stereocenters. The van der Waals surface area contributed by atoms with Crippen LogP contribution in [0.25, 0.3) is 0 Å². The number of halogens is 1. The van der Waals surface area contributed by atoms with Gasteiger partial charge in [0.15, 0.2) is 0 Å². The molecule has 0 aliphatic heterocycles. The molecular formula is C13H20BrNO2. The van der Waals surface area contributed by atoms with Crippen molar-refractivity contribution in [3.8, 4) is 5.75 Å². The first kappa shape index (κ1) is 14.5. The van der Waals surface area contributed by atoms with Crippen LogP contribution in [-0.4, -0.2) is 26.4 Å². The van der Waals surface area contributed by atoms with Crippen LogP contribution < -0.4 is 10.1 Å². The Labute approximate surface area is 112 Å². The molecule has 96 valence electrons. The SMILES string of the molecule is COc1ccc(CNCC(C)(C)OC)cc1Br. The highest BCUT2D eigenvalue weighted by molar-refractivity contribution is 9.10. The monoisotopic (exact) mass is 301 g/mol. The Hall–Kier alpha value is -0.580. The minimum atomic E-state index is -0.135. The summed E-state index contributed by atoms with van der Waals surface area (Å²) in [6.07, 6.45) is 0. The summed E-state index contributed by atoms with van der Waals surface area (Å²) in [6, 6.07) is 6.07. The molecule has 3 nitrogen and oxygen atoms in total. The maximum absolute atomic E-state index is 5.34. The number of rotatable bonds is 6. The molecule has 0 atom stereocenters.